The maximum atomic E-state index is 15.2. The largest absolute Gasteiger partial charge is 0.381 e. The molecule has 3 aliphatic heterocycles. The summed E-state index contributed by atoms with van der Waals surface area (Å²) >= 11 is 0. The molecule has 0 spiro atoms. The molecule has 2 saturated heterocycles. The van der Waals surface area contributed by atoms with Gasteiger partial charge < -0.3 is 14.7 Å². The molecule has 4 nitrogen and oxygen atoms in total. The van der Waals surface area contributed by atoms with Gasteiger partial charge in [-0.1, -0.05) is 48.5 Å². The molecule has 1 unspecified atom stereocenters. The summed E-state index contributed by atoms with van der Waals surface area (Å²) in [6.45, 7) is 6.23. The van der Waals surface area contributed by atoms with Crippen molar-refractivity contribution in [2.45, 2.75) is 62.9 Å². The number of amides is 1. The quantitative estimate of drug-likeness (QED) is 0.219. The van der Waals surface area contributed by atoms with Gasteiger partial charge in [-0.15, -0.1) is 0 Å². The van der Waals surface area contributed by atoms with Gasteiger partial charge in [0.15, 0.2) is 0 Å². The van der Waals surface area contributed by atoms with Crippen molar-refractivity contribution in [3.63, 3.8) is 0 Å². The minimum absolute atomic E-state index is 0.174. The third-order valence-corrected chi connectivity index (χ3v) is 10.7. The number of nitrogens with zero attached hydrogens (tertiary/aromatic N) is 2. The maximum absolute atomic E-state index is 15.2. The highest BCUT2D eigenvalue weighted by Gasteiger charge is 2.52. The van der Waals surface area contributed by atoms with Crippen LogP contribution in [0.15, 0.2) is 72.8 Å². The van der Waals surface area contributed by atoms with Crippen LogP contribution in [-0.4, -0.2) is 60.6 Å². The number of rotatable bonds is 3. The van der Waals surface area contributed by atoms with E-state index in [0.29, 0.717) is 12.5 Å². The molecule has 0 saturated carbocycles. The van der Waals surface area contributed by atoms with Gasteiger partial charge in [0, 0.05) is 37.7 Å². The highest BCUT2D eigenvalue weighted by Crippen LogP contribution is 2.47. The van der Waals surface area contributed by atoms with Crippen molar-refractivity contribution in [2.75, 3.05) is 38.5 Å². The predicted molar refractivity (Wildman–Crippen MR) is 166 cm³/mol. The van der Waals surface area contributed by atoms with E-state index in [-0.39, 0.29) is 17.8 Å². The number of hydrogen-bond donors (Lipinski definition) is 1. The lowest BCUT2D eigenvalue weighted by molar-refractivity contribution is -0.938. The predicted octanol–water partition coefficient (Wildman–Crippen LogP) is 7.05. The Morgan fingerprint density at radius 3 is 2.20 bits per heavy atom. The van der Waals surface area contributed by atoms with E-state index < -0.39 is 5.41 Å². The first-order valence-electron chi connectivity index (χ1n) is 15.5. The Balaban J connectivity index is 1.37. The number of quaternary nitrogens is 1. The molecular weight excluding hydrogens is 509 g/mol. The van der Waals surface area contributed by atoms with Gasteiger partial charge in [-0.2, -0.15) is 0 Å². The topological polar surface area (TPSA) is 32.3 Å². The number of carbonyl (C=O) groups is 1. The highest BCUT2D eigenvalue weighted by atomic mass is 19.1. The SMILES string of the molecule is CC1Nc2ccc(F)cc2C[C@]1(C(=O)N1CCC([N+]2(C)CCCCC2)CC1)c1c2ccccc2cc2ccccc12. The molecule has 1 amide bonds. The Morgan fingerprint density at radius 1 is 0.902 bits per heavy atom. The molecule has 3 heterocycles. The van der Waals surface area contributed by atoms with Crippen molar-refractivity contribution in [2.24, 2.45) is 0 Å². The molecule has 4 aromatic rings. The van der Waals surface area contributed by atoms with E-state index in [0.717, 1.165) is 68.8 Å². The zero-order valence-electron chi connectivity index (χ0n) is 24.3. The first-order valence-corrected chi connectivity index (χ1v) is 15.5. The molecular formula is C36H41FN3O+. The molecule has 0 aliphatic carbocycles. The average Bonchev–Trinajstić information content (AvgIpc) is 3.00. The zero-order chi connectivity index (χ0) is 28.2. The molecule has 3 aliphatic rings. The smallest absolute Gasteiger partial charge is 0.235 e. The van der Waals surface area contributed by atoms with E-state index in [1.165, 1.54) is 38.4 Å². The Kier molecular flexibility index (Phi) is 6.54. The first kappa shape index (κ1) is 26.5. The normalized spacial score (nSPS) is 24.7. The highest BCUT2D eigenvalue weighted by molar-refractivity contribution is 6.08. The van der Waals surface area contributed by atoms with Crippen LogP contribution >= 0.6 is 0 Å². The summed E-state index contributed by atoms with van der Waals surface area (Å²) in [6, 6.07) is 24.5. The maximum Gasteiger partial charge on any atom is 0.235 e. The summed E-state index contributed by atoms with van der Waals surface area (Å²) < 4.78 is 15.8. The van der Waals surface area contributed by atoms with Crippen LogP contribution in [0, 0.1) is 5.82 Å². The summed E-state index contributed by atoms with van der Waals surface area (Å²) in [5.41, 5.74) is 1.99. The van der Waals surface area contributed by atoms with Crippen molar-refractivity contribution in [3.05, 3.63) is 89.7 Å². The van der Waals surface area contributed by atoms with Crippen molar-refractivity contribution in [3.8, 4) is 0 Å². The lowest BCUT2D eigenvalue weighted by Crippen LogP contribution is -2.62. The number of halogens is 1. The van der Waals surface area contributed by atoms with Gasteiger partial charge in [0.25, 0.3) is 0 Å². The number of carbonyl (C=O) groups excluding carboxylic acids is 1. The van der Waals surface area contributed by atoms with Crippen molar-refractivity contribution in [1.29, 1.82) is 0 Å². The minimum Gasteiger partial charge on any atom is -0.381 e. The Morgan fingerprint density at radius 2 is 1.54 bits per heavy atom. The number of hydrogen-bond acceptors (Lipinski definition) is 2. The van der Waals surface area contributed by atoms with Gasteiger partial charge in [0.2, 0.25) is 5.91 Å². The lowest BCUT2D eigenvalue weighted by atomic mass is 9.64. The van der Waals surface area contributed by atoms with Gasteiger partial charge in [-0.3, -0.25) is 4.79 Å². The van der Waals surface area contributed by atoms with Crippen molar-refractivity contribution in [1.82, 2.24) is 4.90 Å². The van der Waals surface area contributed by atoms with Crippen LogP contribution in [0.5, 0.6) is 0 Å². The summed E-state index contributed by atoms with van der Waals surface area (Å²) in [5.74, 6) is -0.0859. The van der Waals surface area contributed by atoms with Crippen LogP contribution in [0.25, 0.3) is 21.5 Å². The number of benzene rings is 4. The summed E-state index contributed by atoms with van der Waals surface area (Å²) in [4.78, 5) is 17.4. The van der Waals surface area contributed by atoms with E-state index in [1.807, 2.05) is 6.07 Å². The molecule has 5 heteroatoms. The number of fused-ring (bicyclic) bond motifs is 3. The minimum atomic E-state index is -0.877. The van der Waals surface area contributed by atoms with E-state index in [4.69, 9.17) is 0 Å². The fourth-order valence-corrected chi connectivity index (χ4v) is 8.40. The lowest BCUT2D eigenvalue weighted by Gasteiger charge is -2.50. The number of anilines is 1. The first-order chi connectivity index (χ1) is 19.9. The number of likely N-dealkylation sites (tertiary alicyclic amines) is 2. The molecule has 0 aromatic heterocycles. The third-order valence-electron chi connectivity index (χ3n) is 10.7. The second-order valence-corrected chi connectivity index (χ2v) is 13.0. The molecule has 7 rings (SSSR count). The standard InChI is InChI=1S/C36H41FN3O/c1-25-36(24-28-23-29(37)14-15-33(28)38-25,34-31-12-6-4-10-26(31)22-27-11-5-7-13-32(27)34)35(41)39-18-16-30(17-19-39)40(2)20-8-3-9-21-40/h4-7,10-15,22-23,25,30,38H,3,8-9,16-21,24H2,1-2H3/q+1/t25?,36-/m1/s1. The summed E-state index contributed by atoms with van der Waals surface area (Å²) in [6.07, 6.45) is 6.53. The molecule has 2 fully saturated rings. The van der Waals surface area contributed by atoms with E-state index >= 15 is 4.79 Å². The monoisotopic (exact) mass is 550 g/mol. The second kappa shape index (κ2) is 10.1. The van der Waals surface area contributed by atoms with Gasteiger partial charge >= 0.3 is 0 Å². The van der Waals surface area contributed by atoms with Crippen LogP contribution in [0.4, 0.5) is 10.1 Å². The van der Waals surface area contributed by atoms with Crippen molar-refractivity contribution >= 4 is 33.1 Å². The van der Waals surface area contributed by atoms with Gasteiger partial charge in [-0.05, 0) is 89.5 Å². The summed E-state index contributed by atoms with van der Waals surface area (Å²) in [7, 11) is 2.43. The number of piperidine rings is 2. The van der Waals surface area contributed by atoms with Gasteiger partial charge in [0.05, 0.1) is 31.6 Å². The van der Waals surface area contributed by atoms with Crippen LogP contribution in [-0.2, 0) is 16.6 Å². The van der Waals surface area contributed by atoms with Crippen LogP contribution in [0.1, 0.15) is 50.2 Å². The van der Waals surface area contributed by atoms with Crippen molar-refractivity contribution < 1.29 is 13.7 Å². The van der Waals surface area contributed by atoms with Crippen LogP contribution in [0.2, 0.25) is 0 Å². The molecule has 0 radical (unpaired) electrons. The second-order valence-electron chi connectivity index (χ2n) is 13.0. The summed E-state index contributed by atoms with van der Waals surface area (Å²) in [5, 5.41) is 8.15. The van der Waals surface area contributed by atoms with E-state index in [2.05, 4.69) is 78.8 Å². The molecule has 0 bridgehead atoms. The molecule has 41 heavy (non-hydrogen) atoms. The molecule has 212 valence electrons. The zero-order valence-corrected chi connectivity index (χ0v) is 24.3. The van der Waals surface area contributed by atoms with Gasteiger partial charge in [0.1, 0.15) is 5.82 Å². The van der Waals surface area contributed by atoms with Gasteiger partial charge in [-0.25, -0.2) is 4.39 Å². The van der Waals surface area contributed by atoms with Crippen LogP contribution < -0.4 is 5.32 Å². The fourth-order valence-electron chi connectivity index (χ4n) is 8.40. The van der Waals surface area contributed by atoms with Crippen LogP contribution in [0.3, 0.4) is 0 Å². The van der Waals surface area contributed by atoms with E-state index in [1.54, 1.807) is 6.07 Å². The Labute approximate surface area is 242 Å². The molecule has 1 N–H and O–H groups in total. The third kappa shape index (κ3) is 4.32. The Bertz CT molecular complexity index is 1560. The molecule has 2 atom stereocenters. The van der Waals surface area contributed by atoms with E-state index in [9.17, 15) is 4.39 Å². The average molecular weight is 551 g/mol. The molecule has 4 aromatic carbocycles. The fraction of sp³-hybridized carbons (Fsp3) is 0.417. The Hall–Kier alpha value is -3.44. The number of nitrogens with one attached hydrogen (secondary N) is 1.